The van der Waals surface area contributed by atoms with Crippen molar-refractivity contribution in [3.63, 3.8) is 0 Å². The third-order valence-electron chi connectivity index (χ3n) is 6.13. The van der Waals surface area contributed by atoms with Crippen molar-refractivity contribution in [3.8, 4) is 5.75 Å². The van der Waals surface area contributed by atoms with Crippen molar-refractivity contribution in [1.82, 2.24) is 13.9 Å². The monoisotopic (exact) mass is 633 g/mol. The van der Waals surface area contributed by atoms with Gasteiger partial charge in [-0.3, -0.25) is 0 Å². The lowest BCUT2D eigenvalue weighted by Crippen LogP contribution is -2.25. The Bertz CT molecular complexity index is 1520. The predicted molar refractivity (Wildman–Crippen MR) is 152 cm³/mol. The molecule has 2 N–H and O–H groups in total. The van der Waals surface area contributed by atoms with E-state index in [1.165, 1.54) is 3.97 Å². The van der Waals surface area contributed by atoms with Crippen LogP contribution in [-0.2, 0) is 21.3 Å². The highest BCUT2D eigenvalue weighted by Crippen LogP contribution is 2.32. The van der Waals surface area contributed by atoms with E-state index in [2.05, 4.69) is 43.2 Å². The van der Waals surface area contributed by atoms with E-state index in [4.69, 9.17) is 9.47 Å². The number of benzene rings is 2. The van der Waals surface area contributed by atoms with Crippen LogP contribution in [-0.4, -0.2) is 42.3 Å². The number of nitrogens with zero attached hydrogens (tertiary/aromatic N) is 3. The van der Waals surface area contributed by atoms with Gasteiger partial charge >= 0.3 is 0 Å². The second kappa shape index (κ2) is 10.8. The molecule has 0 saturated carbocycles. The van der Waals surface area contributed by atoms with Gasteiger partial charge in [0, 0.05) is 29.8 Å². The van der Waals surface area contributed by atoms with Gasteiger partial charge in [0.05, 0.1) is 16.9 Å². The van der Waals surface area contributed by atoms with Crippen molar-refractivity contribution >= 4 is 55.4 Å². The molecular weight excluding hydrogens is 605 g/mol. The van der Waals surface area contributed by atoms with Crippen LogP contribution in [0.5, 0.6) is 5.75 Å². The number of aromatic nitrogens is 3. The largest absolute Gasteiger partial charge is 0.465 e. The molecule has 0 spiro atoms. The fraction of sp³-hybridized carbons (Fsp3) is 0.308. The Morgan fingerprint density at radius 3 is 2.70 bits per heavy atom. The summed E-state index contributed by atoms with van der Waals surface area (Å²) in [4.78, 5) is 9.29. The minimum absolute atomic E-state index is 0.198. The molecule has 194 valence electrons. The van der Waals surface area contributed by atoms with E-state index in [0.717, 1.165) is 46.3 Å². The molecule has 2 aromatic carbocycles. The van der Waals surface area contributed by atoms with Crippen LogP contribution in [0.25, 0.3) is 11.0 Å². The maximum atomic E-state index is 13.5. The Balaban J connectivity index is 1.45. The third-order valence-corrected chi connectivity index (χ3v) is 8.62. The highest BCUT2D eigenvalue weighted by Gasteiger charge is 2.24. The Hall–Kier alpha value is -2.90. The van der Waals surface area contributed by atoms with Crippen molar-refractivity contribution in [2.24, 2.45) is 0 Å². The maximum Gasteiger partial charge on any atom is 0.269 e. The average molecular weight is 634 g/mol. The lowest BCUT2D eigenvalue weighted by atomic mass is 10.2. The number of nitrogens with one attached hydrogen (secondary N) is 2. The lowest BCUT2D eigenvalue weighted by molar-refractivity contribution is -0.105. The van der Waals surface area contributed by atoms with Crippen LogP contribution in [0.15, 0.2) is 59.6 Å². The Morgan fingerprint density at radius 2 is 1.97 bits per heavy atom. The van der Waals surface area contributed by atoms with Gasteiger partial charge in [-0.25, -0.2) is 12.4 Å². The van der Waals surface area contributed by atoms with Crippen LogP contribution in [0.2, 0.25) is 0 Å². The van der Waals surface area contributed by atoms with Gasteiger partial charge in [-0.15, -0.1) is 0 Å². The number of ether oxygens (including phenoxy) is 2. The van der Waals surface area contributed by atoms with Crippen LogP contribution in [0.1, 0.15) is 30.4 Å². The molecule has 1 aliphatic heterocycles. The number of anilines is 2. The summed E-state index contributed by atoms with van der Waals surface area (Å²) in [7, 11) is -2.15. The Kier molecular flexibility index (Phi) is 7.54. The number of halogens is 1. The minimum atomic E-state index is -3.85. The van der Waals surface area contributed by atoms with E-state index in [9.17, 15) is 8.42 Å². The van der Waals surface area contributed by atoms with Gasteiger partial charge in [-0.05, 0) is 72.2 Å². The van der Waals surface area contributed by atoms with Crippen LogP contribution in [0.4, 0.5) is 11.8 Å². The molecule has 0 bridgehead atoms. The molecule has 3 heterocycles. The Morgan fingerprint density at radius 1 is 1.16 bits per heavy atom. The first-order valence-electron chi connectivity index (χ1n) is 12.0. The topological polar surface area (TPSA) is 107 Å². The first kappa shape index (κ1) is 25.7. The molecule has 1 fully saturated rings. The molecule has 1 aliphatic rings. The lowest BCUT2D eigenvalue weighted by Gasteiger charge is -2.23. The van der Waals surface area contributed by atoms with Crippen LogP contribution >= 0.6 is 22.6 Å². The van der Waals surface area contributed by atoms with E-state index < -0.39 is 10.0 Å². The standard InChI is InChI=1S/C26H28IN5O4S/c1-17-9-11-20(12-10-17)37(33,34)32-16-21(27)23-24(30-26(28-2)31-25(23)32)29-15-18-6-5-7-19(14-18)36-22-8-3-4-13-35-22/h5-7,9-12,14,16,22H,3-4,8,13,15H2,1-2H3,(H2,28,29,30,31). The normalized spacial score (nSPS) is 16.0. The van der Waals surface area contributed by atoms with E-state index >= 15 is 0 Å². The van der Waals surface area contributed by atoms with Gasteiger partial charge in [-0.1, -0.05) is 29.8 Å². The van der Waals surface area contributed by atoms with Crippen LogP contribution < -0.4 is 15.4 Å². The van der Waals surface area contributed by atoms with Gasteiger partial charge in [0.2, 0.25) is 5.95 Å². The number of hydrogen-bond acceptors (Lipinski definition) is 8. The fourth-order valence-electron chi connectivity index (χ4n) is 4.17. The van der Waals surface area contributed by atoms with Crippen molar-refractivity contribution in [2.75, 3.05) is 24.3 Å². The first-order chi connectivity index (χ1) is 17.8. The summed E-state index contributed by atoms with van der Waals surface area (Å²) in [6.45, 7) is 3.10. The molecule has 4 aromatic rings. The second-order valence-corrected chi connectivity index (χ2v) is 11.8. The highest BCUT2D eigenvalue weighted by atomic mass is 127. The molecule has 1 saturated heterocycles. The van der Waals surface area contributed by atoms with Crippen molar-refractivity contribution < 1.29 is 17.9 Å². The van der Waals surface area contributed by atoms with Gasteiger partial charge in [-0.2, -0.15) is 9.97 Å². The smallest absolute Gasteiger partial charge is 0.269 e. The van der Waals surface area contributed by atoms with Crippen molar-refractivity contribution in [3.05, 3.63) is 69.4 Å². The average Bonchev–Trinajstić information content (AvgIpc) is 3.25. The molecule has 11 heteroatoms. The number of hydrogen-bond donors (Lipinski definition) is 2. The number of fused-ring (bicyclic) bond motifs is 1. The fourth-order valence-corrected chi connectivity index (χ4v) is 6.45. The summed E-state index contributed by atoms with van der Waals surface area (Å²) in [5.41, 5.74) is 2.28. The maximum absolute atomic E-state index is 13.5. The summed E-state index contributed by atoms with van der Waals surface area (Å²) in [5.74, 6) is 1.61. The third kappa shape index (κ3) is 5.53. The Labute approximate surface area is 229 Å². The van der Waals surface area contributed by atoms with Gasteiger partial charge in [0.25, 0.3) is 10.0 Å². The molecule has 2 aromatic heterocycles. The van der Waals surface area contributed by atoms with Gasteiger partial charge < -0.3 is 20.1 Å². The summed E-state index contributed by atoms with van der Waals surface area (Å²) < 4.78 is 40.6. The molecule has 5 rings (SSSR count). The minimum Gasteiger partial charge on any atom is -0.465 e. The van der Waals surface area contributed by atoms with E-state index in [0.29, 0.717) is 29.3 Å². The second-order valence-electron chi connectivity index (χ2n) is 8.85. The zero-order valence-corrected chi connectivity index (χ0v) is 23.5. The zero-order chi connectivity index (χ0) is 26.0. The van der Waals surface area contributed by atoms with Crippen molar-refractivity contribution in [1.29, 1.82) is 0 Å². The summed E-state index contributed by atoms with van der Waals surface area (Å²) in [5, 5.41) is 6.95. The van der Waals surface area contributed by atoms with Crippen LogP contribution in [0, 0.1) is 10.5 Å². The van der Waals surface area contributed by atoms with Gasteiger partial charge in [0.1, 0.15) is 11.6 Å². The first-order valence-corrected chi connectivity index (χ1v) is 14.6. The van der Waals surface area contributed by atoms with E-state index in [-0.39, 0.29) is 11.2 Å². The molecular formula is C26H28IN5O4S. The quantitative estimate of drug-likeness (QED) is 0.257. The molecule has 37 heavy (non-hydrogen) atoms. The molecule has 1 atom stereocenters. The molecule has 0 radical (unpaired) electrons. The zero-order valence-electron chi connectivity index (χ0n) is 20.6. The van der Waals surface area contributed by atoms with Crippen molar-refractivity contribution in [2.45, 2.75) is 43.9 Å². The molecule has 1 unspecified atom stereocenters. The number of rotatable bonds is 8. The molecule has 9 nitrogen and oxygen atoms in total. The van der Waals surface area contributed by atoms with Gasteiger partial charge in [0.15, 0.2) is 11.9 Å². The highest BCUT2D eigenvalue weighted by molar-refractivity contribution is 14.1. The number of aryl methyl sites for hydroxylation is 1. The van der Waals surface area contributed by atoms with E-state index in [1.54, 1.807) is 37.5 Å². The van der Waals surface area contributed by atoms with E-state index in [1.807, 2.05) is 31.2 Å². The summed E-state index contributed by atoms with van der Waals surface area (Å²) in [6.07, 6.45) is 4.42. The molecule has 0 amide bonds. The SMILES string of the molecule is CNc1nc(NCc2cccc(OC3CCCCO3)c2)c2c(I)cn(S(=O)(=O)c3ccc(C)cc3)c2n1. The van der Waals surface area contributed by atoms with Crippen LogP contribution in [0.3, 0.4) is 0 Å². The summed E-state index contributed by atoms with van der Waals surface area (Å²) >= 11 is 2.12. The summed E-state index contributed by atoms with van der Waals surface area (Å²) in [6, 6.07) is 14.6. The predicted octanol–water partition coefficient (Wildman–Crippen LogP) is 5.14. The molecule has 0 aliphatic carbocycles.